The van der Waals surface area contributed by atoms with Gasteiger partial charge < -0.3 is 10.4 Å². The van der Waals surface area contributed by atoms with Crippen LogP contribution in [0.3, 0.4) is 0 Å². The fraction of sp³-hybridized carbons (Fsp3) is 0.667. The average Bonchev–Trinajstić information content (AvgIpc) is 2.71. The van der Waals surface area contributed by atoms with Crippen molar-refractivity contribution in [2.24, 2.45) is 5.92 Å². The summed E-state index contributed by atoms with van der Waals surface area (Å²) in [5, 5.41) is 12.9. The smallest absolute Gasteiger partial charge is 0.220 e. The van der Waals surface area contributed by atoms with Gasteiger partial charge in [-0.2, -0.15) is 0 Å². The molecule has 0 aliphatic heterocycles. The van der Waals surface area contributed by atoms with E-state index in [-0.39, 0.29) is 5.91 Å². The van der Waals surface area contributed by atoms with E-state index in [9.17, 15) is 9.90 Å². The predicted molar refractivity (Wildman–Crippen MR) is 88.0 cm³/mol. The lowest BCUT2D eigenvalue weighted by molar-refractivity contribution is -0.122. The number of halogens is 1. The summed E-state index contributed by atoms with van der Waals surface area (Å²) in [6.45, 7) is 6.23. The van der Waals surface area contributed by atoms with Crippen LogP contribution < -0.4 is 5.32 Å². The normalized spacial score (nSPS) is 14.3. The molecule has 0 saturated heterocycles. The van der Waals surface area contributed by atoms with Crippen LogP contribution in [0.15, 0.2) is 15.9 Å². The van der Waals surface area contributed by atoms with E-state index in [2.05, 4.69) is 41.2 Å². The summed E-state index contributed by atoms with van der Waals surface area (Å²) in [5.41, 5.74) is -0.817. The molecule has 0 saturated carbocycles. The van der Waals surface area contributed by atoms with E-state index >= 15 is 0 Å². The van der Waals surface area contributed by atoms with E-state index in [1.54, 1.807) is 18.3 Å². The summed E-state index contributed by atoms with van der Waals surface area (Å²) < 4.78 is 1.13. The number of hydrogen-bond acceptors (Lipinski definition) is 3. The Morgan fingerprint density at radius 1 is 1.50 bits per heavy atom. The minimum atomic E-state index is -0.817. The molecule has 114 valence electrons. The maximum Gasteiger partial charge on any atom is 0.220 e. The van der Waals surface area contributed by atoms with Crippen molar-refractivity contribution >= 4 is 33.2 Å². The number of aliphatic hydroxyl groups is 1. The molecule has 0 aromatic carbocycles. The van der Waals surface area contributed by atoms with Crippen molar-refractivity contribution < 1.29 is 9.90 Å². The summed E-state index contributed by atoms with van der Waals surface area (Å²) >= 11 is 5.14. The van der Waals surface area contributed by atoms with Gasteiger partial charge in [0.05, 0.1) is 9.39 Å². The second-order valence-corrected chi connectivity index (χ2v) is 8.48. The molecular formula is C15H24BrNO2S. The molecule has 1 rings (SSSR count). The molecular weight excluding hydrogens is 338 g/mol. The minimum absolute atomic E-state index is 0.0182. The molecule has 0 fully saturated rings. The van der Waals surface area contributed by atoms with Crippen molar-refractivity contribution in [3.8, 4) is 0 Å². The van der Waals surface area contributed by atoms with Gasteiger partial charge >= 0.3 is 0 Å². The predicted octanol–water partition coefficient (Wildman–Crippen LogP) is 3.75. The quantitative estimate of drug-likeness (QED) is 0.740. The van der Waals surface area contributed by atoms with Gasteiger partial charge in [0.15, 0.2) is 0 Å². The first-order valence-electron chi connectivity index (χ1n) is 7.02. The summed E-state index contributed by atoms with van der Waals surface area (Å²) in [6.07, 6.45) is 2.96. The lowest BCUT2D eigenvalue weighted by atomic mass is 9.94. The summed E-state index contributed by atoms with van der Waals surface area (Å²) in [6, 6.07) is 4.11. The molecule has 2 N–H and O–H groups in total. The van der Waals surface area contributed by atoms with E-state index in [1.165, 1.54) is 4.88 Å². The highest BCUT2D eigenvalue weighted by atomic mass is 79.9. The highest BCUT2D eigenvalue weighted by Gasteiger charge is 2.22. The first-order valence-corrected chi connectivity index (χ1v) is 8.63. The molecule has 1 amide bonds. The molecule has 1 unspecified atom stereocenters. The fourth-order valence-corrected chi connectivity index (χ4v) is 3.76. The SMILES string of the molecule is CC(C)CC(C)(O)CNC(=O)CCCc1ccc(Br)s1. The maximum atomic E-state index is 11.7. The van der Waals surface area contributed by atoms with Crippen LogP contribution in [-0.4, -0.2) is 23.2 Å². The van der Waals surface area contributed by atoms with Crippen molar-refractivity contribution in [2.45, 2.75) is 52.1 Å². The zero-order valence-corrected chi connectivity index (χ0v) is 14.8. The Hall–Kier alpha value is -0.390. The van der Waals surface area contributed by atoms with Crippen molar-refractivity contribution in [1.29, 1.82) is 0 Å². The van der Waals surface area contributed by atoms with Crippen LogP contribution in [0.4, 0.5) is 0 Å². The van der Waals surface area contributed by atoms with E-state index in [4.69, 9.17) is 0 Å². The zero-order valence-electron chi connectivity index (χ0n) is 12.4. The minimum Gasteiger partial charge on any atom is -0.388 e. The number of aryl methyl sites for hydroxylation is 1. The van der Waals surface area contributed by atoms with Gasteiger partial charge in [0.1, 0.15) is 0 Å². The molecule has 0 aliphatic rings. The van der Waals surface area contributed by atoms with Crippen LogP contribution in [0.1, 0.15) is 44.9 Å². The van der Waals surface area contributed by atoms with Gasteiger partial charge in [-0.1, -0.05) is 13.8 Å². The number of amides is 1. The lowest BCUT2D eigenvalue weighted by Gasteiger charge is -2.25. The van der Waals surface area contributed by atoms with Crippen LogP contribution in [0.2, 0.25) is 0 Å². The monoisotopic (exact) mass is 361 g/mol. The van der Waals surface area contributed by atoms with Gasteiger partial charge in [-0.3, -0.25) is 4.79 Å². The van der Waals surface area contributed by atoms with Gasteiger partial charge in [-0.15, -0.1) is 11.3 Å². The number of thiophene rings is 1. The molecule has 0 spiro atoms. The van der Waals surface area contributed by atoms with Crippen LogP contribution in [0.5, 0.6) is 0 Å². The van der Waals surface area contributed by atoms with Crippen molar-refractivity contribution in [2.75, 3.05) is 6.54 Å². The van der Waals surface area contributed by atoms with Crippen molar-refractivity contribution in [1.82, 2.24) is 5.32 Å². The standard InChI is InChI=1S/C15H24BrNO2S/c1-11(2)9-15(3,19)10-17-14(18)6-4-5-12-7-8-13(16)20-12/h7-8,11,19H,4-6,9-10H2,1-3H3,(H,17,18). The van der Waals surface area contributed by atoms with Crippen molar-refractivity contribution in [3.05, 3.63) is 20.8 Å². The molecule has 0 radical (unpaired) electrons. The number of carbonyl (C=O) groups is 1. The molecule has 5 heteroatoms. The van der Waals surface area contributed by atoms with Gasteiger partial charge in [0, 0.05) is 17.8 Å². The zero-order chi connectivity index (χ0) is 15.2. The second kappa shape index (κ2) is 8.15. The molecule has 0 bridgehead atoms. The summed E-state index contributed by atoms with van der Waals surface area (Å²) in [4.78, 5) is 13.0. The van der Waals surface area contributed by atoms with Crippen molar-refractivity contribution in [3.63, 3.8) is 0 Å². The maximum absolute atomic E-state index is 11.7. The topological polar surface area (TPSA) is 49.3 Å². The van der Waals surface area contributed by atoms with Crippen LogP contribution in [0, 0.1) is 5.92 Å². The Kier molecular flexibility index (Phi) is 7.20. The summed E-state index contributed by atoms with van der Waals surface area (Å²) in [7, 11) is 0. The van der Waals surface area contributed by atoms with E-state index in [1.807, 2.05) is 6.07 Å². The Labute approximate surface area is 133 Å². The third-order valence-electron chi connectivity index (χ3n) is 2.97. The molecule has 0 aliphatic carbocycles. The van der Waals surface area contributed by atoms with E-state index < -0.39 is 5.60 Å². The number of rotatable bonds is 8. The first-order chi connectivity index (χ1) is 9.28. The van der Waals surface area contributed by atoms with Gasteiger partial charge in [-0.05, 0) is 60.2 Å². The Morgan fingerprint density at radius 2 is 2.20 bits per heavy atom. The molecule has 20 heavy (non-hydrogen) atoms. The molecule has 1 heterocycles. The molecule has 3 nitrogen and oxygen atoms in total. The van der Waals surface area contributed by atoms with Gasteiger partial charge in [-0.25, -0.2) is 0 Å². The van der Waals surface area contributed by atoms with E-state index in [0.717, 1.165) is 16.6 Å². The van der Waals surface area contributed by atoms with Crippen LogP contribution >= 0.6 is 27.3 Å². The summed E-state index contributed by atoms with van der Waals surface area (Å²) in [5.74, 6) is 0.434. The Morgan fingerprint density at radius 3 is 2.75 bits per heavy atom. The molecule has 1 atom stereocenters. The number of hydrogen-bond donors (Lipinski definition) is 2. The average molecular weight is 362 g/mol. The molecule has 1 aromatic heterocycles. The highest BCUT2D eigenvalue weighted by molar-refractivity contribution is 9.11. The third-order valence-corrected chi connectivity index (χ3v) is 4.65. The van der Waals surface area contributed by atoms with Gasteiger partial charge in [0.2, 0.25) is 5.91 Å². The largest absolute Gasteiger partial charge is 0.388 e. The third kappa shape index (κ3) is 7.41. The van der Waals surface area contributed by atoms with Gasteiger partial charge in [0.25, 0.3) is 0 Å². The molecule has 1 aromatic rings. The first kappa shape index (κ1) is 17.7. The fourth-order valence-electron chi connectivity index (χ4n) is 2.24. The Balaban J connectivity index is 2.20. The number of nitrogens with one attached hydrogen (secondary N) is 1. The van der Waals surface area contributed by atoms with Crippen LogP contribution in [-0.2, 0) is 11.2 Å². The second-order valence-electron chi connectivity index (χ2n) is 5.93. The highest BCUT2D eigenvalue weighted by Crippen LogP contribution is 2.23. The Bertz CT molecular complexity index is 429. The number of carbonyl (C=O) groups excluding carboxylic acids is 1. The van der Waals surface area contributed by atoms with Crippen LogP contribution in [0.25, 0.3) is 0 Å². The lowest BCUT2D eigenvalue weighted by Crippen LogP contribution is -2.41. The van der Waals surface area contributed by atoms with E-state index in [0.29, 0.717) is 25.3 Å².